The standard InChI is InChI=1S/C12H12N4O3/c1-19-11(17)8-4-6-7(15-8)2-3-9-10(6)14-5-16(9)12(13)18/h2-4,14-15H,5H2,1H3,(H2,13,18). The van der Waals surface area contributed by atoms with Gasteiger partial charge in [0.2, 0.25) is 0 Å². The molecule has 98 valence electrons. The molecular formula is C12H12N4O3. The number of benzene rings is 1. The first kappa shape index (κ1) is 11.4. The highest BCUT2D eigenvalue weighted by Crippen LogP contribution is 2.38. The highest BCUT2D eigenvalue weighted by molar-refractivity contribution is 6.09. The first-order valence-corrected chi connectivity index (χ1v) is 5.66. The van der Waals surface area contributed by atoms with E-state index < -0.39 is 12.0 Å². The van der Waals surface area contributed by atoms with Gasteiger partial charge in [0.15, 0.2) is 0 Å². The van der Waals surface area contributed by atoms with Crippen molar-refractivity contribution in [3.8, 4) is 0 Å². The summed E-state index contributed by atoms with van der Waals surface area (Å²) in [6, 6.07) is 4.75. The molecule has 0 radical (unpaired) electrons. The molecule has 19 heavy (non-hydrogen) atoms. The van der Waals surface area contributed by atoms with Crippen molar-refractivity contribution in [2.24, 2.45) is 5.73 Å². The lowest BCUT2D eigenvalue weighted by atomic mass is 10.2. The molecule has 0 saturated carbocycles. The summed E-state index contributed by atoms with van der Waals surface area (Å²) in [6.07, 6.45) is 0. The van der Waals surface area contributed by atoms with Crippen molar-refractivity contribution in [1.82, 2.24) is 4.98 Å². The molecule has 0 atom stereocenters. The maximum Gasteiger partial charge on any atom is 0.354 e. The Hall–Kier alpha value is -2.70. The van der Waals surface area contributed by atoms with Gasteiger partial charge in [-0.1, -0.05) is 0 Å². The predicted octanol–water partition coefficient (Wildman–Crippen LogP) is 1.22. The fraction of sp³-hybridized carbons (Fsp3) is 0.167. The maximum absolute atomic E-state index is 11.5. The molecule has 1 aliphatic rings. The number of hydrogen-bond acceptors (Lipinski definition) is 4. The summed E-state index contributed by atoms with van der Waals surface area (Å²) in [5.74, 6) is -0.435. The number of amides is 2. The second kappa shape index (κ2) is 3.91. The molecule has 0 aliphatic carbocycles. The van der Waals surface area contributed by atoms with Crippen molar-refractivity contribution in [2.45, 2.75) is 0 Å². The number of carbonyl (C=O) groups excluding carboxylic acids is 2. The van der Waals surface area contributed by atoms with Gasteiger partial charge in [-0.3, -0.25) is 4.90 Å². The van der Waals surface area contributed by atoms with E-state index in [0.717, 1.165) is 16.6 Å². The number of aromatic nitrogens is 1. The number of methoxy groups -OCH3 is 1. The Bertz CT molecular complexity index is 692. The van der Waals surface area contributed by atoms with Crippen LogP contribution >= 0.6 is 0 Å². The molecular weight excluding hydrogens is 248 g/mol. The number of carbonyl (C=O) groups is 2. The molecule has 3 rings (SSSR count). The third-order valence-electron chi connectivity index (χ3n) is 3.16. The molecule has 7 nitrogen and oxygen atoms in total. The van der Waals surface area contributed by atoms with E-state index in [1.165, 1.54) is 12.0 Å². The Morgan fingerprint density at radius 3 is 2.89 bits per heavy atom. The Morgan fingerprint density at radius 1 is 1.42 bits per heavy atom. The van der Waals surface area contributed by atoms with Crippen LogP contribution in [-0.2, 0) is 4.74 Å². The molecule has 4 N–H and O–H groups in total. The number of esters is 1. The van der Waals surface area contributed by atoms with E-state index in [4.69, 9.17) is 5.73 Å². The van der Waals surface area contributed by atoms with Gasteiger partial charge in [-0.05, 0) is 18.2 Å². The molecule has 0 spiro atoms. The number of anilines is 2. The molecule has 0 bridgehead atoms. The molecule has 0 fully saturated rings. The van der Waals surface area contributed by atoms with E-state index >= 15 is 0 Å². The number of nitrogens with zero attached hydrogens (tertiary/aromatic N) is 1. The topological polar surface area (TPSA) is 100 Å². The van der Waals surface area contributed by atoms with Crippen molar-refractivity contribution < 1.29 is 14.3 Å². The molecule has 1 aromatic heterocycles. The Kier molecular flexibility index (Phi) is 2.34. The summed E-state index contributed by atoms with van der Waals surface area (Å²) < 4.78 is 4.67. The molecule has 1 aromatic carbocycles. The summed E-state index contributed by atoms with van der Waals surface area (Å²) in [4.78, 5) is 27.2. The fourth-order valence-electron chi connectivity index (χ4n) is 2.26. The van der Waals surface area contributed by atoms with E-state index in [0.29, 0.717) is 18.1 Å². The summed E-state index contributed by atoms with van der Waals surface area (Å²) in [5, 5.41) is 3.92. The lowest BCUT2D eigenvalue weighted by Gasteiger charge is -2.11. The minimum Gasteiger partial charge on any atom is -0.464 e. The number of H-pyrrole nitrogens is 1. The minimum atomic E-state index is -0.519. The molecule has 2 aromatic rings. The van der Waals surface area contributed by atoms with Gasteiger partial charge in [0.25, 0.3) is 0 Å². The number of primary amides is 1. The van der Waals surface area contributed by atoms with Gasteiger partial charge in [0, 0.05) is 10.9 Å². The van der Waals surface area contributed by atoms with Crippen LogP contribution in [0.2, 0.25) is 0 Å². The quantitative estimate of drug-likeness (QED) is 0.671. The lowest BCUT2D eigenvalue weighted by Crippen LogP contribution is -2.35. The molecule has 7 heteroatoms. The number of hydrogen-bond donors (Lipinski definition) is 3. The van der Waals surface area contributed by atoms with Gasteiger partial charge in [-0.25, -0.2) is 9.59 Å². The molecule has 1 aliphatic heterocycles. The van der Waals surface area contributed by atoms with E-state index in [9.17, 15) is 9.59 Å². The van der Waals surface area contributed by atoms with Crippen LogP contribution in [0.25, 0.3) is 10.9 Å². The van der Waals surface area contributed by atoms with Gasteiger partial charge >= 0.3 is 12.0 Å². The van der Waals surface area contributed by atoms with Gasteiger partial charge in [-0.2, -0.15) is 0 Å². The third kappa shape index (κ3) is 1.59. The average Bonchev–Trinajstić information content (AvgIpc) is 3.00. The average molecular weight is 260 g/mol. The number of aromatic amines is 1. The maximum atomic E-state index is 11.5. The van der Waals surface area contributed by atoms with E-state index in [-0.39, 0.29) is 0 Å². The van der Waals surface area contributed by atoms with Crippen molar-refractivity contribution >= 4 is 34.3 Å². The molecule has 2 heterocycles. The van der Waals surface area contributed by atoms with Crippen LogP contribution in [0.5, 0.6) is 0 Å². The number of ether oxygens (including phenoxy) is 1. The first-order valence-electron chi connectivity index (χ1n) is 5.66. The smallest absolute Gasteiger partial charge is 0.354 e. The van der Waals surface area contributed by atoms with Gasteiger partial charge in [0.05, 0.1) is 25.2 Å². The number of nitrogens with two attached hydrogens (primary N) is 1. The van der Waals surface area contributed by atoms with Crippen molar-refractivity contribution in [3.63, 3.8) is 0 Å². The first-order chi connectivity index (χ1) is 9.11. The molecule has 0 unspecified atom stereocenters. The van der Waals surface area contributed by atoms with Crippen LogP contribution in [-0.4, -0.2) is 30.8 Å². The fourth-order valence-corrected chi connectivity index (χ4v) is 2.26. The Morgan fingerprint density at radius 2 is 2.21 bits per heavy atom. The minimum absolute atomic E-state index is 0.322. The zero-order valence-corrected chi connectivity index (χ0v) is 10.2. The third-order valence-corrected chi connectivity index (χ3v) is 3.16. The van der Waals surface area contributed by atoms with E-state index in [2.05, 4.69) is 15.0 Å². The van der Waals surface area contributed by atoms with Crippen LogP contribution in [0.4, 0.5) is 16.2 Å². The highest BCUT2D eigenvalue weighted by atomic mass is 16.5. The number of urea groups is 1. The van der Waals surface area contributed by atoms with Crippen molar-refractivity contribution in [1.29, 1.82) is 0 Å². The number of fused-ring (bicyclic) bond motifs is 3. The van der Waals surface area contributed by atoms with Gasteiger partial charge in [0.1, 0.15) is 5.69 Å². The summed E-state index contributed by atoms with van der Waals surface area (Å²) >= 11 is 0. The van der Waals surface area contributed by atoms with Crippen LogP contribution in [0.3, 0.4) is 0 Å². The highest BCUT2D eigenvalue weighted by Gasteiger charge is 2.25. The zero-order valence-electron chi connectivity index (χ0n) is 10.2. The zero-order chi connectivity index (χ0) is 13.6. The molecule has 0 saturated heterocycles. The predicted molar refractivity (Wildman–Crippen MR) is 70.2 cm³/mol. The van der Waals surface area contributed by atoms with Crippen LogP contribution in [0, 0.1) is 0 Å². The Labute approximate surface area is 108 Å². The van der Waals surface area contributed by atoms with Crippen molar-refractivity contribution in [3.05, 3.63) is 23.9 Å². The normalized spacial score (nSPS) is 13.2. The summed E-state index contributed by atoms with van der Waals surface area (Å²) in [5.41, 5.74) is 7.94. The Balaban J connectivity index is 2.16. The monoisotopic (exact) mass is 260 g/mol. The summed E-state index contributed by atoms with van der Waals surface area (Å²) in [7, 11) is 1.32. The van der Waals surface area contributed by atoms with Crippen molar-refractivity contribution in [2.75, 3.05) is 24.0 Å². The van der Waals surface area contributed by atoms with Gasteiger partial charge in [-0.15, -0.1) is 0 Å². The van der Waals surface area contributed by atoms with Crippen LogP contribution in [0.15, 0.2) is 18.2 Å². The largest absolute Gasteiger partial charge is 0.464 e. The number of nitrogens with one attached hydrogen (secondary N) is 2. The molecule has 2 amide bonds. The second-order valence-corrected chi connectivity index (χ2v) is 4.20. The van der Waals surface area contributed by atoms with E-state index in [1.807, 2.05) is 0 Å². The lowest BCUT2D eigenvalue weighted by molar-refractivity contribution is 0.0595. The SMILES string of the molecule is COC(=O)c1cc2c3c(ccc2[nH]1)N(C(N)=O)CN3. The second-order valence-electron chi connectivity index (χ2n) is 4.20. The van der Waals surface area contributed by atoms with Gasteiger partial charge < -0.3 is 20.8 Å². The van der Waals surface area contributed by atoms with E-state index in [1.54, 1.807) is 18.2 Å². The number of rotatable bonds is 1. The van der Waals surface area contributed by atoms with Crippen LogP contribution in [0.1, 0.15) is 10.5 Å². The summed E-state index contributed by atoms with van der Waals surface area (Å²) in [6.45, 7) is 0.322. The van der Waals surface area contributed by atoms with Crippen LogP contribution < -0.4 is 16.0 Å².